The molecule has 0 bridgehead atoms. The standard InChI is InChI=1S/C26H32N2O10/c1-14(29)27-11-10-15-13-28(17-9-7-6-8-16(15)17)23-22(26(33)37-5)21(25(32)36-4)20(24(31)35-3)18(38-23)12-19(30)34-2/h6-9,13,18,20-23H,10-12H2,1-5H3,(H,27,29). The maximum absolute atomic E-state index is 13.2. The molecule has 1 aliphatic rings. The van der Waals surface area contributed by atoms with Crippen molar-refractivity contribution in [3.05, 3.63) is 36.0 Å². The molecule has 0 spiro atoms. The van der Waals surface area contributed by atoms with Gasteiger partial charge in [0.15, 0.2) is 0 Å². The summed E-state index contributed by atoms with van der Waals surface area (Å²) in [6, 6.07) is 7.34. The Morgan fingerprint density at radius 1 is 0.868 bits per heavy atom. The van der Waals surface area contributed by atoms with E-state index in [1.54, 1.807) is 16.8 Å². The zero-order valence-corrected chi connectivity index (χ0v) is 21.9. The van der Waals surface area contributed by atoms with Gasteiger partial charge in [-0.2, -0.15) is 0 Å². The second kappa shape index (κ2) is 12.5. The van der Waals surface area contributed by atoms with Crippen molar-refractivity contribution >= 4 is 40.7 Å². The molecule has 2 aromatic rings. The van der Waals surface area contributed by atoms with E-state index in [1.807, 2.05) is 18.2 Å². The van der Waals surface area contributed by atoms with Crippen LogP contribution >= 0.6 is 0 Å². The number of methoxy groups -OCH3 is 4. The molecule has 206 valence electrons. The van der Waals surface area contributed by atoms with Crippen LogP contribution in [0.5, 0.6) is 0 Å². The molecule has 12 heteroatoms. The lowest BCUT2D eigenvalue weighted by molar-refractivity contribution is -0.214. The number of aromatic nitrogens is 1. The Bertz CT molecular complexity index is 1210. The van der Waals surface area contributed by atoms with Gasteiger partial charge >= 0.3 is 23.9 Å². The van der Waals surface area contributed by atoms with Crippen LogP contribution in [0.15, 0.2) is 30.5 Å². The molecule has 5 unspecified atom stereocenters. The van der Waals surface area contributed by atoms with Gasteiger partial charge in [-0.05, 0) is 18.1 Å². The summed E-state index contributed by atoms with van der Waals surface area (Å²) < 4.78 is 27.7. The Balaban J connectivity index is 2.20. The third kappa shape index (κ3) is 5.80. The minimum Gasteiger partial charge on any atom is -0.469 e. The fraction of sp³-hybridized carbons (Fsp3) is 0.500. The molecule has 12 nitrogen and oxygen atoms in total. The van der Waals surface area contributed by atoms with E-state index in [-0.39, 0.29) is 12.3 Å². The quantitative estimate of drug-likeness (QED) is 0.368. The first-order valence-electron chi connectivity index (χ1n) is 12.0. The van der Waals surface area contributed by atoms with Crippen LogP contribution in [0.1, 0.15) is 25.1 Å². The Morgan fingerprint density at radius 2 is 1.47 bits per heavy atom. The van der Waals surface area contributed by atoms with E-state index in [0.717, 1.165) is 32.3 Å². The van der Waals surface area contributed by atoms with Crippen molar-refractivity contribution in [2.75, 3.05) is 35.0 Å². The summed E-state index contributed by atoms with van der Waals surface area (Å²) in [6.07, 6.45) is -0.507. The molecule has 1 fully saturated rings. The number of hydrogen-bond donors (Lipinski definition) is 1. The third-order valence-electron chi connectivity index (χ3n) is 6.68. The molecule has 38 heavy (non-hydrogen) atoms. The van der Waals surface area contributed by atoms with E-state index < -0.39 is 54.0 Å². The van der Waals surface area contributed by atoms with Crippen LogP contribution in [0, 0.1) is 17.8 Å². The van der Waals surface area contributed by atoms with Crippen molar-refractivity contribution in [1.82, 2.24) is 9.88 Å². The van der Waals surface area contributed by atoms with Crippen molar-refractivity contribution in [1.29, 1.82) is 0 Å². The maximum Gasteiger partial charge on any atom is 0.314 e. The van der Waals surface area contributed by atoms with E-state index in [0.29, 0.717) is 18.5 Å². The van der Waals surface area contributed by atoms with Gasteiger partial charge in [-0.15, -0.1) is 0 Å². The first kappa shape index (κ1) is 28.6. The molecular weight excluding hydrogens is 500 g/mol. The molecule has 0 aliphatic carbocycles. The Labute approximate surface area is 219 Å². The highest BCUT2D eigenvalue weighted by molar-refractivity contribution is 5.89. The van der Waals surface area contributed by atoms with E-state index in [1.165, 1.54) is 14.0 Å². The zero-order chi connectivity index (χ0) is 28.0. The van der Waals surface area contributed by atoms with Gasteiger partial charge in [-0.1, -0.05) is 18.2 Å². The number of esters is 4. The monoisotopic (exact) mass is 532 g/mol. The molecule has 1 N–H and O–H groups in total. The SMILES string of the molecule is COC(=O)CC1OC(n2cc(CCNC(C)=O)c3ccccc32)C(C(=O)OC)C(C(=O)OC)C1C(=O)OC. The second-order valence-electron chi connectivity index (χ2n) is 8.80. The average molecular weight is 533 g/mol. The zero-order valence-electron chi connectivity index (χ0n) is 21.9. The van der Waals surface area contributed by atoms with E-state index in [2.05, 4.69) is 5.32 Å². The predicted molar refractivity (Wildman–Crippen MR) is 131 cm³/mol. The summed E-state index contributed by atoms with van der Waals surface area (Å²) in [7, 11) is 4.61. The lowest BCUT2D eigenvalue weighted by Crippen LogP contribution is -2.55. The molecule has 0 radical (unpaired) electrons. The lowest BCUT2D eigenvalue weighted by atomic mass is 9.74. The van der Waals surface area contributed by atoms with Crippen molar-refractivity contribution in [3.63, 3.8) is 0 Å². The van der Waals surface area contributed by atoms with Crippen LogP contribution in [-0.2, 0) is 54.1 Å². The van der Waals surface area contributed by atoms with Crippen LogP contribution in [0.2, 0.25) is 0 Å². The average Bonchev–Trinajstić information content (AvgIpc) is 3.29. The number of rotatable bonds is 9. The highest BCUT2D eigenvalue weighted by Gasteiger charge is 2.57. The van der Waals surface area contributed by atoms with Gasteiger partial charge in [0.25, 0.3) is 0 Å². The first-order chi connectivity index (χ1) is 18.2. The third-order valence-corrected chi connectivity index (χ3v) is 6.68. The predicted octanol–water partition coefficient (Wildman–Crippen LogP) is 1.15. The molecule has 1 amide bonds. The highest BCUT2D eigenvalue weighted by Crippen LogP contribution is 2.45. The van der Waals surface area contributed by atoms with Gasteiger partial charge < -0.3 is 33.6 Å². The minimum absolute atomic E-state index is 0.171. The molecule has 3 rings (SSSR count). The number of hydrogen-bond acceptors (Lipinski definition) is 10. The number of carbonyl (C=O) groups is 5. The second-order valence-corrected chi connectivity index (χ2v) is 8.80. The van der Waals surface area contributed by atoms with Gasteiger partial charge in [-0.25, -0.2) is 0 Å². The largest absolute Gasteiger partial charge is 0.469 e. The fourth-order valence-corrected chi connectivity index (χ4v) is 4.96. The van der Waals surface area contributed by atoms with Gasteiger partial charge in [0, 0.05) is 25.1 Å². The van der Waals surface area contributed by atoms with Crippen LogP contribution in [0.4, 0.5) is 0 Å². The van der Waals surface area contributed by atoms with Crippen LogP contribution in [0.25, 0.3) is 10.9 Å². The Morgan fingerprint density at radius 3 is 2.08 bits per heavy atom. The number of nitrogens with zero attached hydrogens (tertiary/aromatic N) is 1. The van der Waals surface area contributed by atoms with Crippen molar-refractivity contribution in [3.8, 4) is 0 Å². The number of fused-ring (bicyclic) bond motifs is 1. The van der Waals surface area contributed by atoms with E-state index >= 15 is 0 Å². The molecule has 1 aromatic carbocycles. The van der Waals surface area contributed by atoms with E-state index in [4.69, 9.17) is 23.7 Å². The summed E-state index contributed by atoms with van der Waals surface area (Å²) in [4.78, 5) is 62.9. The van der Waals surface area contributed by atoms with Gasteiger partial charge in [-0.3, -0.25) is 24.0 Å². The number of benzene rings is 1. The van der Waals surface area contributed by atoms with Gasteiger partial charge in [0.2, 0.25) is 5.91 Å². The summed E-state index contributed by atoms with van der Waals surface area (Å²) >= 11 is 0. The summed E-state index contributed by atoms with van der Waals surface area (Å²) in [5.41, 5.74) is 1.51. The number of para-hydroxylation sites is 1. The molecule has 1 aromatic heterocycles. The van der Waals surface area contributed by atoms with Gasteiger partial charge in [0.1, 0.15) is 12.1 Å². The summed E-state index contributed by atoms with van der Waals surface area (Å²) in [5.74, 6) is -7.45. The van der Waals surface area contributed by atoms with Crippen molar-refractivity contribution in [2.45, 2.75) is 32.1 Å². The first-order valence-corrected chi connectivity index (χ1v) is 12.0. The maximum atomic E-state index is 13.2. The van der Waals surface area contributed by atoms with Crippen LogP contribution in [0.3, 0.4) is 0 Å². The van der Waals surface area contributed by atoms with Crippen LogP contribution < -0.4 is 5.32 Å². The van der Waals surface area contributed by atoms with Crippen LogP contribution in [-0.4, -0.2) is 75.4 Å². The van der Waals surface area contributed by atoms with Gasteiger partial charge in [0.05, 0.1) is 58.3 Å². The molecule has 0 saturated carbocycles. The number of nitrogens with one attached hydrogen (secondary N) is 1. The minimum atomic E-state index is -1.39. The molecular formula is C26H32N2O10. The lowest BCUT2D eigenvalue weighted by Gasteiger charge is -2.43. The normalized spacial score (nSPS) is 22.8. The Hall–Kier alpha value is -3.93. The summed E-state index contributed by atoms with van der Waals surface area (Å²) in [5, 5.41) is 3.59. The van der Waals surface area contributed by atoms with Crippen molar-refractivity contribution in [2.24, 2.45) is 17.8 Å². The smallest absolute Gasteiger partial charge is 0.314 e. The summed E-state index contributed by atoms with van der Waals surface area (Å²) in [6.45, 7) is 1.79. The topological polar surface area (TPSA) is 148 Å². The fourth-order valence-electron chi connectivity index (χ4n) is 4.96. The highest BCUT2D eigenvalue weighted by atomic mass is 16.6. The molecule has 2 heterocycles. The molecule has 1 saturated heterocycles. The Kier molecular flexibility index (Phi) is 9.45. The molecule has 1 aliphatic heterocycles. The molecule has 5 atom stereocenters. The van der Waals surface area contributed by atoms with Crippen molar-refractivity contribution < 1.29 is 47.7 Å². The van der Waals surface area contributed by atoms with E-state index in [9.17, 15) is 24.0 Å². The number of carbonyl (C=O) groups excluding carboxylic acids is 5. The number of ether oxygens (including phenoxy) is 5. The number of amides is 1.